The zero-order valence-corrected chi connectivity index (χ0v) is 14.3. The molecule has 0 heterocycles. The first kappa shape index (κ1) is 19.3. The highest BCUT2D eigenvalue weighted by Gasteiger charge is 2.31. The number of aryl methyl sites for hydroxylation is 1. The first-order valence-corrected chi connectivity index (χ1v) is 8.07. The van der Waals surface area contributed by atoms with Crippen LogP contribution in [0.4, 0.5) is 18.9 Å². The van der Waals surface area contributed by atoms with Crippen molar-refractivity contribution >= 4 is 23.2 Å². The molecule has 0 aromatic heterocycles. The van der Waals surface area contributed by atoms with Gasteiger partial charge in [-0.25, -0.2) is 0 Å². The first-order chi connectivity index (χ1) is 11.8. The maximum atomic E-state index is 12.7. The molecule has 2 N–H and O–H groups in total. The lowest BCUT2D eigenvalue weighted by Crippen LogP contribution is -2.22. The standard InChI is InChI=1S/C18H18ClF3N2O/c1-12-4-2-3-5-13(12)11-23-9-8-17(25)24-16-10-14(18(20,21)22)6-7-15(16)19/h2-7,10,23H,8-9,11H2,1H3,(H,24,25). The Morgan fingerprint density at radius 3 is 2.56 bits per heavy atom. The normalized spacial score (nSPS) is 11.4. The maximum absolute atomic E-state index is 12.7. The molecule has 2 rings (SSSR count). The Hall–Kier alpha value is -2.05. The average Bonchev–Trinajstić information content (AvgIpc) is 2.54. The van der Waals surface area contributed by atoms with E-state index in [0.717, 1.165) is 29.3 Å². The molecular formula is C18H18ClF3N2O. The predicted molar refractivity (Wildman–Crippen MR) is 92.6 cm³/mol. The molecule has 0 saturated heterocycles. The van der Waals surface area contributed by atoms with Crippen LogP contribution in [0.25, 0.3) is 0 Å². The van der Waals surface area contributed by atoms with Crippen molar-refractivity contribution in [2.45, 2.75) is 26.1 Å². The van der Waals surface area contributed by atoms with Crippen molar-refractivity contribution in [3.05, 3.63) is 64.2 Å². The topological polar surface area (TPSA) is 41.1 Å². The minimum absolute atomic E-state index is 0.0413. The van der Waals surface area contributed by atoms with Gasteiger partial charge < -0.3 is 10.6 Å². The maximum Gasteiger partial charge on any atom is 0.416 e. The van der Waals surface area contributed by atoms with Crippen LogP contribution in [0.1, 0.15) is 23.1 Å². The molecule has 0 bridgehead atoms. The summed E-state index contributed by atoms with van der Waals surface area (Å²) in [4.78, 5) is 11.9. The highest BCUT2D eigenvalue weighted by Crippen LogP contribution is 2.33. The van der Waals surface area contributed by atoms with Crippen molar-refractivity contribution in [3.8, 4) is 0 Å². The van der Waals surface area contributed by atoms with Gasteiger partial charge in [0, 0.05) is 19.5 Å². The summed E-state index contributed by atoms with van der Waals surface area (Å²) < 4.78 is 38.1. The Balaban J connectivity index is 1.85. The summed E-state index contributed by atoms with van der Waals surface area (Å²) in [6, 6.07) is 10.7. The van der Waals surface area contributed by atoms with E-state index >= 15 is 0 Å². The number of hydrogen-bond acceptors (Lipinski definition) is 2. The van der Waals surface area contributed by atoms with Crippen molar-refractivity contribution < 1.29 is 18.0 Å². The van der Waals surface area contributed by atoms with E-state index in [1.165, 1.54) is 0 Å². The van der Waals surface area contributed by atoms with Crippen LogP contribution in [0.5, 0.6) is 0 Å². The lowest BCUT2D eigenvalue weighted by Gasteiger charge is -2.12. The van der Waals surface area contributed by atoms with Crippen LogP contribution in [0.15, 0.2) is 42.5 Å². The molecule has 25 heavy (non-hydrogen) atoms. The number of anilines is 1. The van der Waals surface area contributed by atoms with Crippen molar-refractivity contribution in [2.75, 3.05) is 11.9 Å². The quantitative estimate of drug-likeness (QED) is 0.718. The van der Waals surface area contributed by atoms with Crippen molar-refractivity contribution in [3.63, 3.8) is 0 Å². The number of amides is 1. The van der Waals surface area contributed by atoms with Crippen LogP contribution in [-0.2, 0) is 17.5 Å². The second-order valence-electron chi connectivity index (χ2n) is 5.59. The molecule has 3 nitrogen and oxygen atoms in total. The number of nitrogens with one attached hydrogen (secondary N) is 2. The minimum Gasteiger partial charge on any atom is -0.325 e. The molecule has 0 aliphatic heterocycles. The Morgan fingerprint density at radius 1 is 1.16 bits per heavy atom. The van der Waals surface area contributed by atoms with Gasteiger partial charge in [0.05, 0.1) is 16.3 Å². The number of carbonyl (C=O) groups is 1. The summed E-state index contributed by atoms with van der Waals surface area (Å²) in [7, 11) is 0. The van der Waals surface area contributed by atoms with Crippen LogP contribution in [0.3, 0.4) is 0 Å². The minimum atomic E-state index is -4.49. The predicted octanol–water partition coefficient (Wildman–Crippen LogP) is 4.79. The molecule has 0 unspecified atom stereocenters. The molecule has 0 atom stereocenters. The fourth-order valence-corrected chi connectivity index (χ4v) is 2.41. The summed E-state index contributed by atoms with van der Waals surface area (Å²) >= 11 is 5.85. The monoisotopic (exact) mass is 370 g/mol. The first-order valence-electron chi connectivity index (χ1n) is 7.69. The number of benzene rings is 2. The summed E-state index contributed by atoms with van der Waals surface area (Å²) in [5.74, 6) is -0.404. The van der Waals surface area contributed by atoms with Crippen LogP contribution < -0.4 is 10.6 Å². The molecule has 1 amide bonds. The van der Waals surface area contributed by atoms with E-state index in [1.54, 1.807) is 0 Å². The summed E-state index contributed by atoms with van der Waals surface area (Å²) in [6.07, 6.45) is -4.36. The third-order valence-corrected chi connectivity index (χ3v) is 4.00. The van der Waals surface area contributed by atoms with Gasteiger partial charge in [-0.2, -0.15) is 13.2 Å². The molecule has 2 aromatic rings. The molecule has 134 valence electrons. The largest absolute Gasteiger partial charge is 0.416 e. The lowest BCUT2D eigenvalue weighted by atomic mass is 10.1. The Morgan fingerprint density at radius 2 is 1.88 bits per heavy atom. The molecule has 0 spiro atoms. The van der Waals surface area contributed by atoms with E-state index in [-0.39, 0.29) is 17.1 Å². The van der Waals surface area contributed by atoms with E-state index in [9.17, 15) is 18.0 Å². The van der Waals surface area contributed by atoms with Crippen LogP contribution in [-0.4, -0.2) is 12.5 Å². The van der Waals surface area contributed by atoms with Gasteiger partial charge in [-0.3, -0.25) is 4.79 Å². The smallest absolute Gasteiger partial charge is 0.325 e. The van der Waals surface area contributed by atoms with Gasteiger partial charge in [0.1, 0.15) is 0 Å². The number of alkyl halides is 3. The van der Waals surface area contributed by atoms with Crippen LogP contribution in [0.2, 0.25) is 5.02 Å². The molecule has 0 radical (unpaired) electrons. The van der Waals surface area contributed by atoms with E-state index in [0.29, 0.717) is 13.1 Å². The summed E-state index contributed by atoms with van der Waals surface area (Å²) in [5, 5.41) is 5.62. The number of rotatable bonds is 6. The Bertz CT molecular complexity index is 747. The van der Waals surface area contributed by atoms with E-state index in [2.05, 4.69) is 10.6 Å². The van der Waals surface area contributed by atoms with Gasteiger partial charge in [-0.15, -0.1) is 0 Å². The van der Waals surface area contributed by atoms with E-state index in [4.69, 9.17) is 11.6 Å². The highest BCUT2D eigenvalue weighted by molar-refractivity contribution is 6.33. The SMILES string of the molecule is Cc1ccccc1CNCCC(=O)Nc1cc(C(F)(F)F)ccc1Cl. The second-order valence-corrected chi connectivity index (χ2v) is 6.00. The Labute approximate surface area is 149 Å². The number of halogens is 4. The van der Waals surface area contributed by atoms with Gasteiger partial charge in [0.2, 0.25) is 5.91 Å². The summed E-state index contributed by atoms with van der Waals surface area (Å²) in [6.45, 7) is 3.01. The molecule has 0 aliphatic rings. The van der Waals surface area contributed by atoms with Gasteiger partial charge in [-0.05, 0) is 36.2 Å². The summed E-state index contributed by atoms with van der Waals surface area (Å²) in [5.41, 5.74) is 1.38. The van der Waals surface area contributed by atoms with Gasteiger partial charge in [0.15, 0.2) is 0 Å². The molecule has 2 aromatic carbocycles. The van der Waals surface area contributed by atoms with Crippen molar-refractivity contribution in [1.82, 2.24) is 5.32 Å². The van der Waals surface area contributed by atoms with Crippen LogP contribution >= 0.6 is 11.6 Å². The molecule has 0 fully saturated rings. The third kappa shape index (κ3) is 5.76. The highest BCUT2D eigenvalue weighted by atomic mass is 35.5. The zero-order valence-electron chi connectivity index (χ0n) is 13.6. The van der Waals surface area contributed by atoms with Crippen LogP contribution in [0, 0.1) is 6.92 Å². The lowest BCUT2D eigenvalue weighted by molar-refractivity contribution is -0.137. The molecule has 7 heteroatoms. The van der Waals surface area contributed by atoms with Crippen molar-refractivity contribution in [2.24, 2.45) is 0 Å². The average molecular weight is 371 g/mol. The number of hydrogen-bond donors (Lipinski definition) is 2. The molecule has 0 saturated carbocycles. The number of carbonyl (C=O) groups excluding carboxylic acids is 1. The fraction of sp³-hybridized carbons (Fsp3) is 0.278. The zero-order chi connectivity index (χ0) is 18.4. The second kappa shape index (κ2) is 8.36. The van der Waals surface area contributed by atoms with E-state index in [1.807, 2.05) is 31.2 Å². The van der Waals surface area contributed by atoms with Gasteiger partial charge in [-0.1, -0.05) is 35.9 Å². The third-order valence-electron chi connectivity index (χ3n) is 3.67. The molecule has 0 aliphatic carbocycles. The van der Waals surface area contributed by atoms with Gasteiger partial charge in [0.25, 0.3) is 0 Å². The van der Waals surface area contributed by atoms with Gasteiger partial charge >= 0.3 is 6.18 Å². The fourth-order valence-electron chi connectivity index (χ4n) is 2.24. The van der Waals surface area contributed by atoms with Crippen molar-refractivity contribution in [1.29, 1.82) is 0 Å². The Kier molecular flexibility index (Phi) is 6.45. The van der Waals surface area contributed by atoms with E-state index < -0.39 is 17.6 Å². The molecular weight excluding hydrogens is 353 g/mol.